The summed E-state index contributed by atoms with van der Waals surface area (Å²) < 4.78 is 78.3. The van der Waals surface area contributed by atoms with Gasteiger partial charge in [-0.25, -0.2) is 8.42 Å². The predicted octanol–water partition coefficient (Wildman–Crippen LogP) is 6.85. The van der Waals surface area contributed by atoms with E-state index in [1.807, 2.05) is 19.1 Å². The average Bonchev–Trinajstić information content (AvgIpc) is 2.88. The van der Waals surface area contributed by atoms with E-state index in [1.165, 1.54) is 31.4 Å². The number of ketones is 1. The molecule has 6 nitrogen and oxygen atoms in total. The minimum absolute atomic E-state index is 0.0316. The average molecular weight is 542 g/mol. The third-order valence-corrected chi connectivity index (χ3v) is 6.94. The van der Waals surface area contributed by atoms with E-state index < -0.39 is 21.8 Å². The summed E-state index contributed by atoms with van der Waals surface area (Å²) in [6, 6.07) is 21.4. The normalized spacial score (nSPS) is 11.6. The molecule has 196 valence electrons. The van der Waals surface area contributed by atoms with E-state index >= 15 is 0 Å². The lowest BCUT2D eigenvalue weighted by Gasteiger charge is -2.15. The molecule has 0 amide bonds. The van der Waals surface area contributed by atoms with Crippen molar-refractivity contribution in [3.63, 3.8) is 0 Å². The van der Waals surface area contributed by atoms with Crippen molar-refractivity contribution in [3.05, 3.63) is 113 Å². The molecule has 0 fully saturated rings. The highest BCUT2D eigenvalue weighted by atomic mass is 32.2. The Kier molecular flexibility index (Phi) is 7.45. The van der Waals surface area contributed by atoms with Crippen LogP contribution in [0.2, 0.25) is 0 Å². The van der Waals surface area contributed by atoms with Gasteiger partial charge in [0.15, 0.2) is 5.78 Å². The van der Waals surface area contributed by atoms with Crippen molar-refractivity contribution in [1.82, 2.24) is 0 Å². The van der Waals surface area contributed by atoms with Gasteiger partial charge >= 0.3 is 6.18 Å². The highest BCUT2D eigenvalue weighted by Crippen LogP contribution is 2.34. The van der Waals surface area contributed by atoms with E-state index in [1.54, 1.807) is 36.4 Å². The van der Waals surface area contributed by atoms with E-state index in [4.69, 9.17) is 9.47 Å². The number of alkyl halides is 3. The largest absolute Gasteiger partial charge is 0.495 e. The lowest BCUT2D eigenvalue weighted by atomic mass is 10.0. The zero-order valence-corrected chi connectivity index (χ0v) is 21.1. The second-order valence-corrected chi connectivity index (χ2v) is 9.97. The number of ether oxygens (including phenoxy) is 2. The Labute approximate surface area is 217 Å². The number of nitrogens with one attached hydrogen (secondary N) is 1. The molecule has 0 aliphatic heterocycles. The number of methoxy groups -OCH3 is 1. The summed E-state index contributed by atoms with van der Waals surface area (Å²) in [6.45, 7) is 1.93. The Morgan fingerprint density at radius 1 is 0.816 bits per heavy atom. The van der Waals surface area contributed by atoms with Crippen LogP contribution in [0.25, 0.3) is 0 Å². The van der Waals surface area contributed by atoms with Crippen LogP contribution in [0.5, 0.6) is 17.2 Å². The lowest BCUT2D eigenvalue weighted by molar-refractivity contribution is -0.137. The van der Waals surface area contributed by atoms with Gasteiger partial charge in [0.2, 0.25) is 0 Å². The van der Waals surface area contributed by atoms with Crippen molar-refractivity contribution in [2.45, 2.75) is 18.0 Å². The quantitative estimate of drug-likeness (QED) is 0.247. The van der Waals surface area contributed by atoms with Crippen LogP contribution < -0.4 is 14.2 Å². The van der Waals surface area contributed by atoms with Gasteiger partial charge in [-0.2, -0.15) is 13.2 Å². The van der Waals surface area contributed by atoms with Gasteiger partial charge in [-0.3, -0.25) is 9.52 Å². The predicted molar refractivity (Wildman–Crippen MR) is 136 cm³/mol. The molecule has 4 rings (SSSR count). The third kappa shape index (κ3) is 6.15. The molecule has 0 heterocycles. The van der Waals surface area contributed by atoms with Crippen molar-refractivity contribution >= 4 is 21.5 Å². The number of hydrogen-bond acceptors (Lipinski definition) is 5. The van der Waals surface area contributed by atoms with Gasteiger partial charge < -0.3 is 9.47 Å². The number of rotatable bonds is 8. The molecule has 0 spiro atoms. The monoisotopic (exact) mass is 541 g/mol. The van der Waals surface area contributed by atoms with Crippen LogP contribution in [-0.2, 0) is 16.2 Å². The number of carbonyl (C=O) groups excluding carboxylic acids is 1. The van der Waals surface area contributed by atoms with Crippen molar-refractivity contribution in [1.29, 1.82) is 0 Å². The first-order chi connectivity index (χ1) is 18.0. The maximum Gasteiger partial charge on any atom is 0.416 e. The summed E-state index contributed by atoms with van der Waals surface area (Å²) in [4.78, 5) is 12.4. The maximum absolute atomic E-state index is 13.1. The van der Waals surface area contributed by atoms with Crippen LogP contribution in [0, 0.1) is 6.92 Å². The minimum Gasteiger partial charge on any atom is -0.495 e. The minimum atomic E-state index is -4.63. The number of carbonyl (C=O) groups is 1. The number of aryl methyl sites for hydroxylation is 1. The summed E-state index contributed by atoms with van der Waals surface area (Å²) in [5, 5.41) is 0. The van der Waals surface area contributed by atoms with Gasteiger partial charge in [0.05, 0.1) is 12.7 Å². The van der Waals surface area contributed by atoms with Crippen molar-refractivity contribution in [2.24, 2.45) is 0 Å². The van der Waals surface area contributed by atoms with Gasteiger partial charge in [0, 0.05) is 22.9 Å². The fourth-order valence-electron chi connectivity index (χ4n) is 3.58. The summed E-state index contributed by atoms with van der Waals surface area (Å²) in [5.41, 5.74) is 0.774. The fraction of sp³-hybridized carbons (Fsp3) is 0.107. The van der Waals surface area contributed by atoms with Crippen LogP contribution in [0.4, 0.5) is 18.9 Å². The first-order valence-corrected chi connectivity index (χ1v) is 12.7. The van der Waals surface area contributed by atoms with E-state index in [-0.39, 0.29) is 27.9 Å². The molecule has 4 aromatic carbocycles. The van der Waals surface area contributed by atoms with Crippen molar-refractivity contribution < 1.29 is 35.9 Å². The van der Waals surface area contributed by atoms with E-state index in [0.717, 1.165) is 17.7 Å². The fourth-order valence-corrected chi connectivity index (χ4v) is 4.82. The maximum atomic E-state index is 13.1. The van der Waals surface area contributed by atoms with Crippen LogP contribution >= 0.6 is 0 Å². The zero-order valence-electron chi connectivity index (χ0n) is 20.2. The molecule has 0 unspecified atom stereocenters. The summed E-state index contributed by atoms with van der Waals surface area (Å²) in [6.07, 6.45) is -4.63. The van der Waals surface area contributed by atoms with E-state index in [2.05, 4.69) is 4.72 Å². The molecular weight excluding hydrogens is 519 g/mol. The molecule has 0 bridgehead atoms. The highest BCUT2D eigenvalue weighted by Gasteiger charge is 2.31. The number of anilines is 1. The number of hydrogen-bond donors (Lipinski definition) is 1. The van der Waals surface area contributed by atoms with Crippen LogP contribution in [0.15, 0.2) is 95.9 Å². The summed E-state index contributed by atoms with van der Waals surface area (Å²) in [5.74, 6) is 0.281. The SMILES string of the molecule is COc1ccc(Oc2ccc(C(=O)c3ccc(C)cc3)cc2)cc1S(=O)(=O)Nc1cccc(C(F)(F)F)c1. The zero-order chi connectivity index (χ0) is 27.5. The molecule has 0 saturated heterocycles. The second kappa shape index (κ2) is 10.6. The Bertz CT molecular complexity index is 1570. The van der Waals surface area contributed by atoms with Gasteiger partial charge in [-0.15, -0.1) is 0 Å². The van der Waals surface area contributed by atoms with Crippen LogP contribution in [0.3, 0.4) is 0 Å². The Balaban J connectivity index is 1.56. The molecule has 0 aliphatic rings. The Morgan fingerprint density at radius 3 is 2.03 bits per heavy atom. The number of sulfonamides is 1. The first kappa shape index (κ1) is 26.7. The van der Waals surface area contributed by atoms with Crippen LogP contribution in [-0.4, -0.2) is 21.3 Å². The molecule has 1 N–H and O–H groups in total. The van der Waals surface area contributed by atoms with Gasteiger partial charge in [-0.05, 0) is 61.5 Å². The number of benzene rings is 4. The first-order valence-electron chi connectivity index (χ1n) is 11.2. The highest BCUT2D eigenvalue weighted by molar-refractivity contribution is 7.92. The van der Waals surface area contributed by atoms with Crippen molar-refractivity contribution in [2.75, 3.05) is 11.8 Å². The molecule has 0 atom stereocenters. The lowest BCUT2D eigenvalue weighted by Crippen LogP contribution is -2.15. The van der Waals surface area contributed by atoms with E-state index in [9.17, 15) is 26.4 Å². The van der Waals surface area contributed by atoms with E-state index in [0.29, 0.717) is 22.9 Å². The van der Waals surface area contributed by atoms with Gasteiger partial charge in [0.25, 0.3) is 10.0 Å². The second-order valence-electron chi connectivity index (χ2n) is 8.32. The molecule has 0 saturated carbocycles. The molecule has 38 heavy (non-hydrogen) atoms. The van der Waals surface area contributed by atoms with Gasteiger partial charge in [-0.1, -0.05) is 35.9 Å². The Hall–Kier alpha value is -4.31. The van der Waals surface area contributed by atoms with Crippen molar-refractivity contribution in [3.8, 4) is 17.2 Å². The topological polar surface area (TPSA) is 81.7 Å². The Morgan fingerprint density at radius 2 is 1.42 bits per heavy atom. The summed E-state index contributed by atoms with van der Waals surface area (Å²) >= 11 is 0. The molecular formula is C28H22F3NO5S. The summed E-state index contributed by atoms with van der Waals surface area (Å²) in [7, 11) is -3.09. The molecule has 0 radical (unpaired) electrons. The number of halogens is 3. The molecule has 0 aromatic heterocycles. The standard InChI is InChI=1S/C28H22F3NO5S/c1-18-6-8-19(9-7-18)27(33)20-10-12-23(13-11-20)37-24-14-15-25(36-2)26(17-24)38(34,35)32-22-5-3-4-21(16-22)28(29,30)31/h3-17,32H,1-2H3. The smallest absolute Gasteiger partial charge is 0.416 e. The third-order valence-electron chi connectivity index (χ3n) is 5.53. The molecule has 4 aromatic rings. The molecule has 0 aliphatic carbocycles. The molecule has 10 heteroatoms. The van der Waals surface area contributed by atoms with Gasteiger partial charge in [0.1, 0.15) is 22.1 Å². The van der Waals surface area contributed by atoms with Crippen LogP contribution in [0.1, 0.15) is 27.0 Å².